The average Bonchev–Trinajstić information content (AvgIpc) is 2.26. The molecule has 0 aliphatic heterocycles. The lowest BCUT2D eigenvalue weighted by atomic mass is 9.97. The Morgan fingerprint density at radius 2 is 2.13 bits per heavy atom. The number of ether oxygens (including phenoxy) is 1. The fourth-order valence-electron chi connectivity index (χ4n) is 1.34. The van der Waals surface area contributed by atoms with Crippen LogP contribution in [0.2, 0.25) is 0 Å². The minimum atomic E-state index is -0.782. The first-order valence-electron chi connectivity index (χ1n) is 4.56. The van der Waals surface area contributed by atoms with E-state index in [2.05, 4.69) is 4.74 Å². The smallest absolute Gasteiger partial charge is 0.306 e. The topological polar surface area (TPSA) is 26.3 Å². The Kier molecular flexibility index (Phi) is 4.21. The van der Waals surface area contributed by atoms with Crippen LogP contribution in [-0.2, 0) is 9.53 Å². The summed E-state index contributed by atoms with van der Waals surface area (Å²) in [5, 5.41) is 0. The molecule has 0 heterocycles. The molecule has 0 saturated carbocycles. The van der Waals surface area contributed by atoms with Crippen molar-refractivity contribution in [2.45, 2.75) is 12.3 Å². The fourth-order valence-corrected chi connectivity index (χ4v) is 1.34. The maximum Gasteiger partial charge on any atom is 0.306 e. The molecule has 0 spiro atoms. The van der Waals surface area contributed by atoms with Crippen molar-refractivity contribution >= 4 is 5.97 Å². The quantitative estimate of drug-likeness (QED) is 0.719. The summed E-state index contributed by atoms with van der Waals surface area (Å²) in [6.45, 7) is -0.782. The highest BCUT2D eigenvalue weighted by Crippen LogP contribution is 2.23. The van der Waals surface area contributed by atoms with Crippen LogP contribution in [0.5, 0.6) is 0 Å². The van der Waals surface area contributed by atoms with Gasteiger partial charge in [-0.3, -0.25) is 9.18 Å². The summed E-state index contributed by atoms with van der Waals surface area (Å²) < 4.78 is 30.3. The Morgan fingerprint density at radius 1 is 1.47 bits per heavy atom. The molecule has 15 heavy (non-hydrogen) atoms. The van der Waals surface area contributed by atoms with E-state index in [1.54, 1.807) is 6.07 Å². The molecule has 4 heteroatoms. The molecule has 0 aliphatic carbocycles. The molecule has 0 bridgehead atoms. The highest BCUT2D eigenvalue weighted by molar-refractivity contribution is 5.70. The number of benzene rings is 1. The molecule has 0 saturated heterocycles. The molecule has 0 fully saturated rings. The molecule has 0 radical (unpaired) electrons. The summed E-state index contributed by atoms with van der Waals surface area (Å²) in [7, 11) is 1.22. The van der Waals surface area contributed by atoms with Crippen LogP contribution in [0.1, 0.15) is 17.9 Å². The van der Waals surface area contributed by atoms with Crippen LogP contribution < -0.4 is 0 Å². The molecule has 0 amide bonds. The Hall–Kier alpha value is -1.45. The molecule has 2 nitrogen and oxygen atoms in total. The van der Waals surface area contributed by atoms with Crippen LogP contribution in [0.3, 0.4) is 0 Å². The summed E-state index contributed by atoms with van der Waals surface area (Å²) in [5.74, 6) is -1.80. The zero-order valence-electron chi connectivity index (χ0n) is 8.37. The van der Waals surface area contributed by atoms with Gasteiger partial charge in [0.1, 0.15) is 5.82 Å². The number of hydrogen-bond acceptors (Lipinski definition) is 2. The molecular formula is C11H12F2O2. The van der Waals surface area contributed by atoms with Gasteiger partial charge in [-0.25, -0.2) is 4.39 Å². The van der Waals surface area contributed by atoms with Crippen LogP contribution in [0.4, 0.5) is 8.78 Å². The summed E-state index contributed by atoms with van der Waals surface area (Å²) in [5.41, 5.74) is 0.213. The molecule has 0 aliphatic rings. The average molecular weight is 214 g/mol. The van der Waals surface area contributed by atoms with Gasteiger partial charge in [0, 0.05) is 5.92 Å². The van der Waals surface area contributed by atoms with Crippen molar-refractivity contribution in [3.05, 3.63) is 35.6 Å². The number of alkyl halides is 1. The van der Waals surface area contributed by atoms with E-state index in [1.807, 2.05) is 0 Å². The molecule has 0 unspecified atom stereocenters. The van der Waals surface area contributed by atoms with E-state index in [-0.39, 0.29) is 12.0 Å². The van der Waals surface area contributed by atoms with Crippen LogP contribution >= 0.6 is 0 Å². The summed E-state index contributed by atoms with van der Waals surface area (Å²) in [6, 6.07) is 5.85. The van der Waals surface area contributed by atoms with Gasteiger partial charge in [0.2, 0.25) is 0 Å². The Balaban J connectivity index is 2.83. The van der Waals surface area contributed by atoms with E-state index in [4.69, 9.17) is 0 Å². The molecule has 0 N–H and O–H groups in total. The Labute approximate surface area is 86.9 Å². The molecule has 1 rings (SSSR count). The van der Waals surface area contributed by atoms with Gasteiger partial charge in [0.05, 0.1) is 20.2 Å². The van der Waals surface area contributed by atoms with Crippen molar-refractivity contribution < 1.29 is 18.3 Å². The second kappa shape index (κ2) is 5.44. The molecule has 1 atom stereocenters. The minimum absolute atomic E-state index is 0.145. The number of esters is 1. The molecular weight excluding hydrogens is 202 g/mol. The standard InChI is InChI=1S/C11H12F2O2/c1-15-11(14)6-8(7-12)9-4-2-3-5-10(9)13/h2-5,8H,6-7H2,1H3/t8-/m0/s1. The Bertz CT molecular complexity index is 339. The fraction of sp³-hybridized carbons (Fsp3) is 0.364. The predicted octanol–water partition coefficient (Wildman–Crippen LogP) is 2.44. The van der Waals surface area contributed by atoms with Crippen LogP contribution in [0, 0.1) is 5.82 Å². The van der Waals surface area contributed by atoms with Crippen molar-refractivity contribution in [3.8, 4) is 0 Å². The van der Waals surface area contributed by atoms with Gasteiger partial charge >= 0.3 is 5.97 Å². The summed E-state index contributed by atoms with van der Waals surface area (Å²) >= 11 is 0. The normalized spacial score (nSPS) is 12.2. The van der Waals surface area contributed by atoms with E-state index < -0.39 is 24.4 Å². The zero-order valence-corrected chi connectivity index (χ0v) is 8.37. The number of hydrogen-bond donors (Lipinski definition) is 0. The van der Waals surface area contributed by atoms with Gasteiger partial charge in [-0.1, -0.05) is 18.2 Å². The number of carbonyl (C=O) groups is 1. The summed E-state index contributed by atoms with van der Waals surface area (Å²) in [6.07, 6.45) is -0.145. The first kappa shape index (κ1) is 11.6. The van der Waals surface area contributed by atoms with Gasteiger partial charge in [-0.2, -0.15) is 0 Å². The van der Waals surface area contributed by atoms with Crippen molar-refractivity contribution in [3.63, 3.8) is 0 Å². The van der Waals surface area contributed by atoms with Crippen molar-refractivity contribution in [2.75, 3.05) is 13.8 Å². The van der Waals surface area contributed by atoms with Gasteiger partial charge in [-0.15, -0.1) is 0 Å². The monoisotopic (exact) mass is 214 g/mol. The van der Waals surface area contributed by atoms with Gasteiger partial charge < -0.3 is 4.74 Å². The SMILES string of the molecule is COC(=O)C[C@@H](CF)c1ccccc1F. The zero-order chi connectivity index (χ0) is 11.3. The maximum atomic E-state index is 13.3. The van der Waals surface area contributed by atoms with E-state index >= 15 is 0 Å². The van der Waals surface area contributed by atoms with E-state index in [0.717, 1.165) is 0 Å². The number of carbonyl (C=O) groups excluding carboxylic acids is 1. The van der Waals surface area contributed by atoms with E-state index in [9.17, 15) is 13.6 Å². The van der Waals surface area contributed by atoms with Crippen molar-refractivity contribution in [2.24, 2.45) is 0 Å². The number of halogens is 2. The van der Waals surface area contributed by atoms with Gasteiger partial charge in [0.25, 0.3) is 0 Å². The lowest BCUT2D eigenvalue weighted by molar-refractivity contribution is -0.141. The second-order valence-electron chi connectivity index (χ2n) is 3.15. The number of rotatable bonds is 4. The first-order valence-corrected chi connectivity index (χ1v) is 4.56. The third-order valence-electron chi connectivity index (χ3n) is 2.17. The van der Waals surface area contributed by atoms with Gasteiger partial charge in [-0.05, 0) is 11.6 Å². The lowest BCUT2D eigenvalue weighted by Crippen LogP contribution is -2.11. The lowest BCUT2D eigenvalue weighted by Gasteiger charge is -2.12. The maximum absolute atomic E-state index is 13.3. The molecule has 0 aromatic heterocycles. The molecule has 1 aromatic rings. The molecule has 1 aromatic carbocycles. The van der Waals surface area contributed by atoms with Crippen molar-refractivity contribution in [1.82, 2.24) is 0 Å². The van der Waals surface area contributed by atoms with Crippen LogP contribution in [0.25, 0.3) is 0 Å². The summed E-state index contributed by atoms with van der Waals surface area (Å²) in [4.78, 5) is 11.0. The highest BCUT2D eigenvalue weighted by Gasteiger charge is 2.19. The van der Waals surface area contributed by atoms with Gasteiger partial charge in [0.15, 0.2) is 0 Å². The highest BCUT2D eigenvalue weighted by atomic mass is 19.1. The van der Waals surface area contributed by atoms with Crippen molar-refractivity contribution in [1.29, 1.82) is 0 Å². The third kappa shape index (κ3) is 3.01. The van der Waals surface area contributed by atoms with Crippen LogP contribution in [-0.4, -0.2) is 19.8 Å². The van der Waals surface area contributed by atoms with Crippen LogP contribution in [0.15, 0.2) is 24.3 Å². The van der Waals surface area contributed by atoms with E-state index in [1.165, 1.54) is 25.3 Å². The second-order valence-corrected chi connectivity index (χ2v) is 3.15. The van der Waals surface area contributed by atoms with E-state index in [0.29, 0.717) is 0 Å². The molecule has 82 valence electrons. The Morgan fingerprint density at radius 3 is 2.67 bits per heavy atom. The third-order valence-corrected chi connectivity index (χ3v) is 2.17. The largest absolute Gasteiger partial charge is 0.469 e. The first-order chi connectivity index (χ1) is 7.19. The minimum Gasteiger partial charge on any atom is -0.469 e. The number of methoxy groups -OCH3 is 1. The predicted molar refractivity (Wildman–Crippen MR) is 51.7 cm³/mol.